The molecule has 1 N–H and O–H groups in total. The topological polar surface area (TPSA) is 71.0 Å². The SMILES string of the molecule is COc1ccc(CN2C(=O)[C@@H](CC(=O)Nc3ccccc3Cl)SC2=Nc2ccc(F)cc2)cc1. The first kappa shape index (κ1) is 23.8. The fourth-order valence-electron chi connectivity index (χ4n) is 3.34. The van der Waals surface area contributed by atoms with Gasteiger partial charge in [-0.3, -0.25) is 14.5 Å². The molecule has 0 unspecified atom stereocenters. The van der Waals surface area contributed by atoms with Crippen molar-refractivity contribution >= 4 is 51.7 Å². The van der Waals surface area contributed by atoms with Crippen LogP contribution >= 0.6 is 23.4 Å². The summed E-state index contributed by atoms with van der Waals surface area (Å²) in [6.07, 6.45) is -0.0454. The van der Waals surface area contributed by atoms with Crippen LogP contribution in [0.2, 0.25) is 5.02 Å². The second kappa shape index (κ2) is 10.7. The van der Waals surface area contributed by atoms with Gasteiger partial charge in [-0.25, -0.2) is 9.38 Å². The van der Waals surface area contributed by atoms with Crippen molar-refractivity contribution in [2.24, 2.45) is 4.99 Å². The summed E-state index contributed by atoms with van der Waals surface area (Å²) in [6.45, 7) is 0.276. The van der Waals surface area contributed by atoms with Gasteiger partial charge in [0.1, 0.15) is 16.8 Å². The van der Waals surface area contributed by atoms with Crippen molar-refractivity contribution in [3.05, 3.63) is 89.2 Å². The summed E-state index contributed by atoms with van der Waals surface area (Å²) < 4.78 is 18.5. The Morgan fingerprint density at radius 1 is 1.12 bits per heavy atom. The van der Waals surface area contributed by atoms with Crippen molar-refractivity contribution < 1.29 is 18.7 Å². The van der Waals surface area contributed by atoms with E-state index in [1.54, 1.807) is 36.3 Å². The summed E-state index contributed by atoms with van der Waals surface area (Å²) in [4.78, 5) is 32.0. The van der Waals surface area contributed by atoms with Gasteiger partial charge in [0.15, 0.2) is 5.17 Å². The molecule has 2 amide bonds. The Morgan fingerprint density at radius 2 is 1.82 bits per heavy atom. The molecule has 0 aliphatic carbocycles. The molecule has 0 bridgehead atoms. The molecule has 1 fully saturated rings. The molecule has 0 saturated carbocycles. The molecule has 3 aromatic carbocycles. The maximum absolute atomic E-state index is 13.3. The number of benzene rings is 3. The van der Waals surface area contributed by atoms with Crippen LogP contribution in [-0.4, -0.2) is 34.2 Å². The van der Waals surface area contributed by atoms with Crippen LogP contribution in [0, 0.1) is 5.82 Å². The lowest BCUT2D eigenvalue weighted by molar-refractivity contribution is -0.128. The van der Waals surface area contributed by atoms with E-state index in [0.717, 1.165) is 5.56 Å². The first-order valence-corrected chi connectivity index (χ1v) is 11.7. The van der Waals surface area contributed by atoms with E-state index in [-0.39, 0.29) is 30.6 Å². The molecule has 6 nitrogen and oxygen atoms in total. The Bertz CT molecular complexity index is 1220. The lowest BCUT2D eigenvalue weighted by Crippen LogP contribution is -2.33. The summed E-state index contributed by atoms with van der Waals surface area (Å²) in [6, 6.07) is 20.0. The maximum Gasteiger partial charge on any atom is 0.242 e. The molecular formula is C25H21ClFN3O3S. The van der Waals surface area contributed by atoms with E-state index in [1.165, 1.54) is 36.0 Å². The number of amides is 2. The normalized spacial score (nSPS) is 16.7. The summed E-state index contributed by atoms with van der Waals surface area (Å²) in [5.74, 6) is -0.217. The van der Waals surface area contributed by atoms with Gasteiger partial charge in [-0.2, -0.15) is 0 Å². The van der Waals surface area contributed by atoms with Crippen LogP contribution in [0.25, 0.3) is 0 Å². The molecule has 1 heterocycles. The van der Waals surface area contributed by atoms with E-state index < -0.39 is 5.25 Å². The number of nitrogens with one attached hydrogen (secondary N) is 1. The predicted octanol–water partition coefficient (Wildman–Crippen LogP) is 5.65. The number of rotatable bonds is 7. The van der Waals surface area contributed by atoms with Crippen LogP contribution in [0.15, 0.2) is 77.8 Å². The Labute approximate surface area is 205 Å². The third-order valence-electron chi connectivity index (χ3n) is 5.09. The summed E-state index contributed by atoms with van der Waals surface area (Å²) >= 11 is 7.33. The minimum Gasteiger partial charge on any atom is -0.497 e. The maximum atomic E-state index is 13.3. The van der Waals surface area contributed by atoms with Gasteiger partial charge in [-0.05, 0) is 54.1 Å². The van der Waals surface area contributed by atoms with Crippen molar-refractivity contribution in [2.75, 3.05) is 12.4 Å². The number of thioether (sulfide) groups is 1. The number of para-hydroxylation sites is 1. The molecule has 174 valence electrons. The van der Waals surface area contributed by atoms with Gasteiger partial charge in [0.2, 0.25) is 11.8 Å². The number of nitrogens with zero attached hydrogens (tertiary/aromatic N) is 2. The van der Waals surface area contributed by atoms with Crippen LogP contribution in [0.5, 0.6) is 5.75 Å². The number of carbonyl (C=O) groups excluding carboxylic acids is 2. The smallest absolute Gasteiger partial charge is 0.242 e. The van der Waals surface area contributed by atoms with Crippen molar-refractivity contribution in [1.82, 2.24) is 4.90 Å². The minimum atomic E-state index is -0.653. The van der Waals surface area contributed by atoms with E-state index in [9.17, 15) is 14.0 Å². The van der Waals surface area contributed by atoms with Crippen LogP contribution in [0.4, 0.5) is 15.8 Å². The monoisotopic (exact) mass is 497 g/mol. The number of ether oxygens (including phenoxy) is 1. The van der Waals surface area contributed by atoms with Gasteiger partial charge in [-0.1, -0.05) is 47.6 Å². The molecular weight excluding hydrogens is 477 g/mol. The number of aliphatic imine (C=N–C) groups is 1. The first-order valence-electron chi connectivity index (χ1n) is 10.4. The molecule has 9 heteroatoms. The fraction of sp³-hybridized carbons (Fsp3) is 0.160. The minimum absolute atomic E-state index is 0.0454. The number of carbonyl (C=O) groups is 2. The Hall–Kier alpha value is -3.36. The third kappa shape index (κ3) is 5.76. The van der Waals surface area contributed by atoms with Crippen molar-refractivity contribution in [2.45, 2.75) is 18.2 Å². The average Bonchev–Trinajstić information content (AvgIpc) is 3.11. The lowest BCUT2D eigenvalue weighted by atomic mass is 10.2. The average molecular weight is 498 g/mol. The number of hydrogen-bond donors (Lipinski definition) is 1. The zero-order valence-electron chi connectivity index (χ0n) is 18.2. The van der Waals surface area contributed by atoms with Gasteiger partial charge in [0.25, 0.3) is 0 Å². The highest BCUT2D eigenvalue weighted by Gasteiger charge is 2.39. The van der Waals surface area contributed by atoms with Crippen molar-refractivity contribution in [1.29, 1.82) is 0 Å². The van der Waals surface area contributed by atoms with Gasteiger partial charge < -0.3 is 10.1 Å². The van der Waals surface area contributed by atoms with Gasteiger partial charge in [-0.15, -0.1) is 0 Å². The largest absolute Gasteiger partial charge is 0.497 e. The van der Waals surface area contributed by atoms with E-state index in [2.05, 4.69) is 10.3 Å². The second-order valence-corrected chi connectivity index (χ2v) is 9.06. The van der Waals surface area contributed by atoms with E-state index in [4.69, 9.17) is 16.3 Å². The molecule has 1 aliphatic heterocycles. The molecule has 0 aromatic heterocycles. The van der Waals surface area contributed by atoms with Crippen LogP contribution < -0.4 is 10.1 Å². The molecule has 0 spiro atoms. The zero-order valence-corrected chi connectivity index (χ0v) is 19.8. The number of halogens is 2. The molecule has 1 saturated heterocycles. The molecule has 1 aliphatic rings. The Morgan fingerprint density at radius 3 is 2.50 bits per heavy atom. The van der Waals surface area contributed by atoms with Crippen LogP contribution in [-0.2, 0) is 16.1 Å². The zero-order chi connectivity index (χ0) is 24.1. The van der Waals surface area contributed by atoms with Gasteiger partial charge >= 0.3 is 0 Å². The van der Waals surface area contributed by atoms with Crippen LogP contribution in [0.1, 0.15) is 12.0 Å². The Balaban J connectivity index is 1.55. The molecule has 4 rings (SSSR count). The van der Waals surface area contributed by atoms with Crippen LogP contribution in [0.3, 0.4) is 0 Å². The molecule has 34 heavy (non-hydrogen) atoms. The van der Waals surface area contributed by atoms with E-state index >= 15 is 0 Å². The third-order valence-corrected chi connectivity index (χ3v) is 6.59. The Kier molecular flexibility index (Phi) is 7.49. The molecule has 1 atom stereocenters. The second-order valence-electron chi connectivity index (χ2n) is 7.48. The predicted molar refractivity (Wildman–Crippen MR) is 133 cm³/mol. The lowest BCUT2D eigenvalue weighted by Gasteiger charge is -2.17. The highest BCUT2D eigenvalue weighted by atomic mass is 35.5. The number of amidine groups is 1. The van der Waals surface area contributed by atoms with E-state index in [0.29, 0.717) is 27.3 Å². The number of methoxy groups -OCH3 is 1. The van der Waals surface area contributed by atoms with Gasteiger partial charge in [0, 0.05) is 6.42 Å². The van der Waals surface area contributed by atoms with Gasteiger partial charge in [0.05, 0.1) is 30.1 Å². The summed E-state index contributed by atoms with van der Waals surface area (Å²) in [5.41, 5.74) is 1.88. The fourth-order valence-corrected chi connectivity index (χ4v) is 4.68. The number of anilines is 1. The molecule has 0 radical (unpaired) electrons. The summed E-state index contributed by atoms with van der Waals surface area (Å²) in [5, 5.41) is 2.97. The summed E-state index contributed by atoms with van der Waals surface area (Å²) in [7, 11) is 1.58. The standard InChI is InChI=1S/C25H21ClFN3O3S/c1-33-19-12-6-16(7-13-19)15-30-24(32)22(14-23(31)29-21-5-3-2-4-20(21)26)34-25(30)28-18-10-8-17(27)9-11-18/h2-13,22H,14-15H2,1H3,(H,29,31)/t22-/m1/s1. The highest BCUT2D eigenvalue weighted by Crippen LogP contribution is 2.33. The molecule has 3 aromatic rings. The van der Waals surface area contributed by atoms with Crippen molar-refractivity contribution in [3.63, 3.8) is 0 Å². The highest BCUT2D eigenvalue weighted by molar-refractivity contribution is 8.15. The quantitative estimate of drug-likeness (QED) is 0.458. The first-order chi connectivity index (χ1) is 16.4. The van der Waals surface area contributed by atoms with Crippen molar-refractivity contribution in [3.8, 4) is 5.75 Å². The number of hydrogen-bond acceptors (Lipinski definition) is 5. The van der Waals surface area contributed by atoms with E-state index in [1.807, 2.05) is 24.3 Å².